The molecule has 0 radical (unpaired) electrons. The monoisotopic (exact) mass is 283 g/mol. The number of benzene rings is 2. The van der Waals surface area contributed by atoms with E-state index in [1.165, 1.54) is 11.1 Å². The van der Waals surface area contributed by atoms with Crippen LogP contribution in [-0.2, 0) is 6.42 Å². The van der Waals surface area contributed by atoms with Crippen molar-refractivity contribution in [1.29, 1.82) is 0 Å². The van der Waals surface area contributed by atoms with Crippen LogP contribution >= 0.6 is 0 Å². The summed E-state index contributed by atoms with van der Waals surface area (Å²) in [6.07, 6.45) is 0.894. The first-order valence-electron chi connectivity index (χ1n) is 7.55. The van der Waals surface area contributed by atoms with E-state index in [1.54, 1.807) is 12.1 Å². The van der Waals surface area contributed by atoms with Crippen molar-refractivity contribution < 1.29 is 4.39 Å². The van der Waals surface area contributed by atoms with E-state index in [4.69, 9.17) is 0 Å². The molecule has 2 aromatic carbocycles. The molecule has 110 valence electrons. The number of rotatable bonds is 2. The van der Waals surface area contributed by atoms with Crippen molar-refractivity contribution in [3.05, 3.63) is 71.0 Å². The summed E-state index contributed by atoms with van der Waals surface area (Å²) in [5, 5.41) is 3.72. The van der Waals surface area contributed by atoms with Crippen LogP contribution in [0.3, 0.4) is 0 Å². The van der Waals surface area contributed by atoms with Gasteiger partial charge in [-0.25, -0.2) is 4.39 Å². The highest BCUT2D eigenvalue weighted by Crippen LogP contribution is 2.43. The van der Waals surface area contributed by atoms with E-state index in [2.05, 4.69) is 50.4 Å². The lowest BCUT2D eigenvalue weighted by atomic mass is 9.90. The van der Waals surface area contributed by atoms with Gasteiger partial charge in [-0.05, 0) is 56.0 Å². The van der Waals surface area contributed by atoms with Crippen LogP contribution in [0, 0.1) is 5.82 Å². The Morgan fingerprint density at radius 2 is 1.76 bits per heavy atom. The van der Waals surface area contributed by atoms with Crippen LogP contribution in [0.15, 0.2) is 48.5 Å². The Balaban J connectivity index is 2.01. The molecule has 2 aromatic rings. The Bertz CT molecular complexity index is 628. The van der Waals surface area contributed by atoms with Crippen molar-refractivity contribution in [2.75, 3.05) is 0 Å². The second-order valence-electron chi connectivity index (χ2n) is 6.94. The molecule has 0 saturated carbocycles. The minimum Gasteiger partial charge on any atom is -0.305 e. The number of nitrogens with one attached hydrogen (secondary N) is 1. The van der Waals surface area contributed by atoms with Crippen LogP contribution in [0.5, 0.6) is 0 Å². The van der Waals surface area contributed by atoms with Crippen LogP contribution in [0.25, 0.3) is 0 Å². The molecule has 2 atom stereocenters. The van der Waals surface area contributed by atoms with E-state index in [-0.39, 0.29) is 17.4 Å². The van der Waals surface area contributed by atoms with E-state index >= 15 is 0 Å². The summed E-state index contributed by atoms with van der Waals surface area (Å²) >= 11 is 0. The van der Waals surface area contributed by atoms with E-state index < -0.39 is 0 Å². The Labute approximate surface area is 126 Å². The van der Waals surface area contributed by atoms with Gasteiger partial charge >= 0.3 is 0 Å². The van der Waals surface area contributed by atoms with Crippen LogP contribution in [0.2, 0.25) is 0 Å². The normalized spacial score (nSPS) is 21.3. The standard InChI is InChI=1S/C19H22FN/c1-19(2,3)21-18-16-10-9-15(20)11-14(16)12-17(18)13-7-5-4-6-8-13/h4-11,17-18,21H,12H2,1-3H3/t17-,18-/m1/s1. The number of halogens is 1. The van der Waals surface area contributed by atoms with Crippen molar-refractivity contribution in [3.63, 3.8) is 0 Å². The van der Waals surface area contributed by atoms with Gasteiger partial charge in [0.05, 0.1) is 0 Å². The lowest BCUT2D eigenvalue weighted by Gasteiger charge is -2.31. The van der Waals surface area contributed by atoms with E-state index in [0.717, 1.165) is 12.0 Å². The Morgan fingerprint density at radius 3 is 2.43 bits per heavy atom. The van der Waals surface area contributed by atoms with Gasteiger partial charge in [-0.3, -0.25) is 0 Å². The predicted molar refractivity (Wildman–Crippen MR) is 84.9 cm³/mol. The molecule has 0 aliphatic heterocycles. The Hall–Kier alpha value is -1.67. The maximum absolute atomic E-state index is 13.5. The summed E-state index contributed by atoms with van der Waals surface area (Å²) in [6, 6.07) is 16.0. The zero-order valence-corrected chi connectivity index (χ0v) is 12.9. The van der Waals surface area contributed by atoms with Gasteiger partial charge in [-0.1, -0.05) is 36.4 Å². The van der Waals surface area contributed by atoms with Crippen LogP contribution in [0.4, 0.5) is 4.39 Å². The zero-order valence-electron chi connectivity index (χ0n) is 12.9. The molecule has 0 amide bonds. The summed E-state index contributed by atoms with van der Waals surface area (Å²) in [7, 11) is 0. The molecule has 0 bridgehead atoms. The summed E-state index contributed by atoms with van der Waals surface area (Å²) in [5.74, 6) is 0.221. The van der Waals surface area contributed by atoms with Crippen LogP contribution in [-0.4, -0.2) is 5.54 Å². The second-order valence-corrected chi connectivity index (χ2v) is 6.94. The van der Waals surface area contributed by atoms with Gasteiger partial charge < -0.3 is 5.32 Å². The Kier molecular flexibility index (Phi) is 3.58. The molecule has 0 unspecified atom stereocenters. The first-order valence-corrected chi connectivity index (χ1v) is 7.55. The molecule has 1 nitrogen and oxygen atoms in total. The summed E-state index contributed by atoms with van der Waals surface area (Å²) < 4.78 is 13.5. The molecular formula is C19H22FN. The van der Waals surface area contributed by atoms with Gasteiger partial charge in [-0.2, -0.15) is 0 Å². The molecule has 0 spiro atoms. The highest BCUT2D eigenvalue weighted by atomic mass is 19.1. The van der Waals surface area contributed by atoms with Gasteiger partial charge in [0.1, 0.15) is 5.82 Å². The molecule has 0 aromatic heterocycles. The first kappa shape index (κ1) is 14.3. The quantitative estimate of drug-likeness (QED) is 0.849. The van der Waals surface area contributed by atoms with Gasteiger partial charge in [0.15, 0.2) is 0 Å². The third kappa shape index (κ3) is 3.01. The number of hydrogen-bond donors (Lipinski definition) is 1. The first-order chi connectivity index (χ1) is 9.94. The third-order valence-electron chi connectivity index (χ3n) is 4.10. The number of hydrogen-bond acceptors (Lipinski definition) is 1. The maximum Gasteiger partial charge on any atom is 0.123 e. The summed E-state index contributed by atoms with van der Waals surface area (Å²) in [6.45, 7) is 6.53. The minimum absolute atomic E-state index is 0.0215. The van der Waals surface area contributed by atoms with Gasteiger partial charge in [0.25, 0.3) is 0 Å². The topological polar surface area (TPSA) is 12.0 Å². The molecule has 0 fully saturated rings. The van der Waals surface area contributed by atoms with E-state index in [0.29, 0.717) is 5.92 Å². The Morgan fingerprint density at radius 1 is 1.05 bits per heavy atom. The molecule has 2 heteroatoms. The van der Waals surface area contributed by atoms with Crippen molar-refractivity contribution >= 4 is 0 Å². The second kappa shape index (κ2) is 5.27. The van der Waals surface area contributed by atoms with E-state index in [1.807, 2.05) is 12.1 Å². The smallest absolute Gasteiger partial charge is 0.123 e. The third-order valence-corrected chi connectivity index (χ3v) is 4.10. The zero-order chi connectivity index (χ0) is 15.0. The summed E-state index contributed by atoms with van der Waals surface area (Å²) in [5.41, 5.74) is 3.70. The average Bonchev–Trinajstić information content (AvgIpc) is 2.76. The van der Waals surface area contributed by atoms with Crippen LogP contribution in [0.1, 0.15) is 49.4 Å². The molecule has 3 rings (SSSR count). The van der Waals surface area contributed by atoms with Crippen molar-refractivity contribution in [2.45, 2.75) is 44.7 Å². The lowest BCUT2D eigenvalue weighted by Crippen LogP contribution is -2.40. The summed E-state index contributed by atoms with van der Waals surface area (Å²) in [4.78, 5) is 0. The van der Waals surface area contributed by atoms with Gasteiger partial charge in [-0.15, -0.1) is 0 Å². The van der Waals surface area contributed by atoms with E-state index in [9.17, 15) is 4.39 Å². The molecule has 0 heterocycles. The molecule has 21 heavy (non-hydrogen) atoms. The lowest BCUT2D eigenvalue weighted by molar-refractivity contribution is 0.340. The molecule has 1 aliphatic carbocycles. The largest absolute Gasteiger partial charge is 0.305 e. The maximum atomic E-state index is 13.5. The number of fused-ring (bicyclic) bond motifs is 1. The molecule has 1 N–H and O–H groups in total. The van der Waals surface area contributed by atoms with Gasteiger partial charge in [0, 0.05) is 17.5 Å². The minimum atomic E-state index is -0.142. The SMILES string of the molecule is CC(C)(C)N[C@@H]1c2ccc(F)cc2C[C@@H]1c1ccccc1. The fraction of sp³-hybridized carbons (Fsp3) is 0.368. The fourth-order valence-electron chi connectivity index (χ4n) is 3.28. The predicted octanol–water partition coefficient (Wildman–Crippen LogP) is 4.59. The van der Waals surface area contributed by atoms with Crippen molar-refractivity contribution in [1.82, 2.24) is 5.32 Å². The molecule has 1 aliphatic rings. The average molecular weight is 283 g/mol. The molecular weight excluding hydrogens is 261 g/mol. The molecule has 0 saturated heterocycles. The van der Waals surface area contributed by atoms with Crippen molar-refractivity contribution in [3.8, 4) is 0 Å². The van der Waals surface area contributed by atoms with Crippen LogP contribution < -0.4 is 5.32 Å². The highest BCUT2D eigenvalue weighted by molar-refractivity contribution is 5.42. The van der Waals surface area contributed by atoms with Gasteiger partial charge in [0.2, 0.25) is 0 Å². The fourth-order valence-corrected chi connectivity index (χ4v) is 3.28. The highest BCUT2D eigenvalue weighted by Gasteiger charge is 2.35. The van der Waals surface area contributed by atoms with Crippen molar-refractivity contribution in [2.24, 2.45) is 0 Å².